The fourth-order valence-electron chi connectivity index (χ4n) is 3.65. The van der Waals surface area contributed by atoms with Crippen molar-refractivity contribution >= 4 is 46.4 Å². The van der Waals surface area contributed by atoms with E-state index in [9.17, 15) is 4.39 Å². The maximum Gasteiger partial charge on any atom is 0.191 e. The number of thiazole rings is 1. The highest BCUT2D eigenvalue weighted by molar-refractivity contribution is 14.0. The average Bonchev–Trinajstić information content (AvgIpc) is 3.23. The lowest BCUT2D eigenvalue weighted by atomic mass is 10.1. The zero-order valence-electron chi connectivity index (χ0n) is 18.8. The normalized spacial score (nSPS) is 17.1. The van der Waals surface area contributed by atoms with Gasteiger partial charge < -0.3 is 20.3 Å². The van der Waals surface area contributed by atoms with E-state index in [0.29, 0.717) is 24.2 Å². The van der Waals surface area contributed by atoms with Crippen LogP contribution in [0.2, 0.25) is 0 Å². The number of guanidine groups is 1. The molecule has 6 nitrogen and oxygen atoms in total. The summed E-state index contributed by atoms with van der Waals surface area (Å²) in [7, 11) is 1.74. The molecule has 0 spiro atoms. The van der Waals surface area contributed by atoms with E-state index in [1.165, 1.54) is 25.7 Å². The molecule has 1 saturated heterocycles. The number of benzene rings is 1. The summed E-state index contributed by atoms with van der Waals surface area (Å²) in [6, 6.07) is 5.09. The van der Waals surface area contributed by atoms with E-state index in [1.807, 2.05) is 13.0 Å². The van der Waals surface area contributed by atoms with E-state index in [0.717, 1.165) is 42.4 Å². The molecule has 2 aliphatic rings. The first-order valence-corrected chi connectivity index (χ1v) is 12.1. The maximum absolute atomic E-state index is 14.4. The lowest BCUT2D eigenvalue weighted by Crippen LogP contribution is -2.39. The van der Waals surface area contributed by atoms with Gasteiger partial charge in [-0.2, -0.15) is 0 Å². The molecular weight excluding hydrogens is 540 g/mol. The third kappa shape index (κ3) is 6.94. The standard InChI is InChI=1S/C23H32FN5OS.HI/c1-16(18-7-8-21(20(24)13-18)30-14-17-5-6-17)27-22(25-2)26-10-9-19-15-31-23(28-19)29-11-3-4-12-29;/h7-8,13,15-17H,3-6,9-12,14H2,1-2H3,(H2,25,26,27);1H. The largest absolute Gasteiger partial charge is 0.490 e. The van der Waals surface area contributed by atoms with Crippen LogP contribution in [0.1, 0.15) is 49.9 Å². The highest BCUT2D eigenvalue weighted by Crippen LogP contribution is 2.30. The Morgan fingerprint density at radius 3 is 2.81 bits per heavy atom. The number of halogens is 2. The first kappa shape index (κ1) is 25.0. The lowest BCUT2D eigenvalue weighted by Gasteiger charge is -2.19. The quantitative estimate of drug-likeness (QED) is 0.258. The first-order chi connectivity index (χ1) is 15.1. The molecule has 1 atom stereocenters. The van der Waals surface area contributed by atoms with Crippen molar-refractivity contribution < 1.29 is 9.13 Å². The summed E-state index contributed by atoms with van der Waals surface area (Å²) in [4.78, 5) is 11.4. The van der Waals surface area contributed by atoms with Gasteiger partial charge in [0, 0.05) is 38.5 Å². The van der Waals surface area contributed by atoms with Crippen LogP contribution in [0.15, 0.2) is 28.6 Å². The molecule has 1 saturated carbocycles. The van der Waals surface area contributed by atoms with Crippen molar-refractivity contribution in [1.82, 2.24) is 15.6 Å². The third-order valence-electron chi connectivity index (χ3n) is 5.79. The first-order valence-electron chi connectivity index (χ1n) is 11.2. The van der Waals surface area contributed by atoms with Gasteiger partial charge in [-0.15, -0.1) is 35.3 Å². The number of hydrogen-bond donors (Lipinski definition) is 2. The monoisotopic (exact) mass is 573 g/mol. The molecule has 0 amide bonds. The Labute approximate surface area is 211 Å². The Hall–Kier alpha value is -1.62. The van der Waals surface area contributed by atoms with Gasteiger partial charge in [-0.3, -0.25) is 4.99 Å². The van der Waals surface area contributed by atoms with Crippen molar-refractivity contribution in [1.29, 1.82) is 0 Å². The molecule has 1 aromatic carbocycles. The van der Waals surface area contributed by atoms with Crippen LogP contribution in [0.3, 0.4) is 0 Å². The Morgan fingerprint density at radius 2 is 2.12 bits per heavy atom. The molecule has 9 heteroatoms. The minimum Gasteiger partial charge on any atom is -0.490 e. The fourth-order valence-corrected chi connectivity index (χ4v) is 4.57. The van der Waals surface area contributed by atoms with Crippen LogP contribution in [-0.4, -0.2) is 44.2 Å². The van der Waals surface area contributed by atoms with Gasteiger partial charge in [-0.25, -0.2) is 9.37 Å². The van der Waals surface area contributed by atoms with E-state index >= 15 is 0 Å². The third-order valence-corrected chi connectivity index (χ3v) is 6.74. The molecule has 4 rings (SSSR count). The minimum atomic E-state index is -0.313. The summed E-state index contributed by atoms with van der Waals surface area (Å²) in [6.07, 6.45) is 5.73. The van der Waals surface area contributed by atoms with Gasteiger partial charge >= 0.3 is 0 Å². The summed E-state index contributed by atoms with van der Waals surface area (Å²) in [6.45, 7) is 5.58. The van der Waals surface area contributed by atoms with Crippen molar-refractivity contribution in [3.05, 3.63) is 40.7 Å². The Morgan fingerprint density at radius 1 is 1.34 bits per heavy atom. The summed E-state index contributed by atoms with van der Waals surface area (Å²) >= 11 is 1.73. The van der Waals surface area contributed by atoms with Crippen LogP contribution >= 0.6 is 35.3 Å². The minimum absolute atomic E-state index is 0. The number of rotatable bonds is 9. The van der Waals surface area contributed by atoms with E-state index in [-0.39, 0.29) is 35.8 Å². The Bertz CT molecular complexity index is 898. The van der Waals surface area contributed by atoms with Gasteiger partial charge in [0.1, 0.15) is 0 Å². The summed E-state index contributed by atoms with van der Waals surface area (Å²) in [5.74, 6) is 1.32. The summed E-state index contributed by atoms with van der Waals surface area (Å²) in [5.41, 5.74) is 1.96. The second kappa shape index (κ2) is 12.0. The van der Waals surface area contributed by atoms with E-state index in [1.54, 1.807) is 30.5 Å². The SMILES string of the molecule is CN=C(NCCc1csc(N2CCCC2)n1)NC(C)c1ccc(OCC2CC2)c(F)c1.I. The molecule has 1 aliphatic carbocycles. The van der Waals surface area contributed by atoms with Crippen molar-refractivity contribution in [3.63, 3.8) is 0 Å². The van der Waals surface area contributed by atoms with Crippen LogP contribution in [-0.2, 0) is 6.42 Å². The topological polar surface area (TPSA) is 61.8 Å². The predicted octanol–water partition coefficient (Wildman–Crippen LogP) is 4.76. The summed E-state index contributed by atoms with van der Waals surface area (Å²) < 4.78 is 20.0. The number of hydrogen-bond acceptors (Lipinski definition) is 5. The number of anilines is 1. The van der Waals surface area contributed by atoms with Crippen LogP contribution < -0.4 is 20.3 Å². The Kier molecular flexibility index (Phi) is 9.39. The molecule has 0 bridgehead atoms. The Balaban J connectivity index is 0.00000289. The summed E-state index contributed by atoms with van der Waals surface area (Å²) in [5, 5.41) is 9.94. The molecule has 2 aromatic rings. The van der Waals surface area contributed by atoms with Crippen molar-refractivity contribution in [2.45, 2.75) is 45.1 Å². The highest BCUT2D eigenvalue weighted by atomic mass is 127. The van der Waals surface area contributed by atoms with Gasteiger partial charge in [0.25, 0.3) is 0 Å². The van der Waals surface area contributed by atoms with Gasteiger partial charge in [0.05, 0.1) is 18.3 Å². The lowest BCUT2D eigenvalue weighted by molar-refractivity contribution is 0.285. The molecular formula is C23H33FIN5OS. The second-order valence-corrected chi connectivity index (χ2v) is 9.21. The molecule has 2 heterocycles. The van der Waals surface area contributed by atoms with Crippen LogP contribution in [0, 0.1) is 11.7 Å². The molecule has 1 aromatic heterocycles. The molecule has 32 heavy (non-hydrogen) atoms. The second-order valence-electron chi connectivity index (χ2n) is 8.37. The van der Waals surface area contributed by atoms with E-state index in [4.69, 9.17) is 9.72 Å². The zero-order chi connectivity index (χ0) is 21.6. The molecule has 2 N–H and O–H groups in total. The molecule has 1 aliphatic heterocycles. The highest BCUT2D eigenvalue weighted by Gasteiger charge is 2.22. The number of nitrogens with zero attached hydrogens (tertiary/aromatic N) is 3. The molecule has 2 fully saturated rings. The smallest absolute Gasteiger partial charge is 0.191 e. The zero-order valence-corrected chi connectivity index (χ0v) is 21.9. The van der Waals surface area contributed by atoms with E-state index in [2.05, 4.69) is 25.9 Å². The van der Waals surface area contributed by atoms with Gasteiger partial charge in [-0.1, -0.05) is 6.07 Å². The number of aromatic nitrogens is 1. The van der Waals surface area contributed by atoms with Crippen molar-refractivity contribution in [3.8, 4) is 5.75 Å². The van der Waals surface area contributed by atoms with Gasteiger partial charge in [0.2, 0.25) is 0 Å². The van der Waals surface area contributed by atoms with Crippen LogP contribution in [0.5, 0.6) is 5.75 Å². The number of nitrogens with one attached hydrogen (secondary N) is 2. The van der Waals surface area contributed by atoms with Crippen LogP contribution in [0.4, 0.5) is 9.52 Å². The van der Waals surface area contributed by atoms with Crippen LogP contribution in [0.25, 0.3) is 0 Å². The van der Waals surface area contributed by atoms with Crippen molar-refractivity contribution in [2.75, 3.05) is 38.2 Å². The van der Waals surface area contributed by atoms with Gasteiger partial charge in [0.15, 0.2) is 22.7 Å². The molecule has 1 unspecified atom stereocenters. The molecule has 0 radical (unpaired) electrons. The predicted molar refractivity (Wildman–Crippen MR) is 140 cm³/mol. The number of ether oxygens (including phenoxy) is 1. The molecule has 176 valence electrons. The van der Waals surface area contributed by atoms with Crippen molar-refractivity contribution in [2.24, 2.45) is 10.9 Å². The van der Waals surface area contributed by atoms with Gasteiger partial charge in [-0.05, 0) is 56.2 Å². The maximum atomic E-state index is 14.4. The number of aliphatic imine (C=N–C) groups is 1. The average molecular weight is 574 g/mol. The van der Waals surface area contributed by atoms with E-state index < -0.39 is 0 Å². The fraction of sp³-hybridized carbons (Fsp3) is 0.565.